The number of hydrogen-bond donors (Lipinski definition) is 0. The molecule has 1 aromatic rings. The summed E-state index contributed by atoms with van der Waals surface area (Å²) in [5.74, 6) is 0.322. The van der Waals surface area contributed by atoms with Crippen molar-refractivity contribution in [3.05, 3.63) is 35.9 Å². The van der Waals surface area contributed by atoms with E-state index in [4.69, 9.17) is 0 Å². The lowest BCUT2D eigenvalue weighted by Crippen LogP contribution is -2.38. The molecule has 2 heteroatoms. The zero-order valence-electron chi connectivity index (χ0n) is 13.3. The molecular formula is C18H26O2. The van der Waals surface area contributed by atoms with E-state index in [-0.39, 0.29) is 11.6 Å². The summed E-state index contributed by atoms with van der Waals surface area (Å²) >= 11 is 0. The number of Topliss-reactive ketones (excluding diaryl/α,β-unsaturated/α-hetero) is 2. The molecule has 110 valence electrons. The van der Waals surface area contributed by atoms with Gasteiger partial charge in [-0.15, -0.1) is 0 Å². The molecule has 1 aromatic carbocycles. The Morgan fingerprint density at radius 2 is 1.45 bits per heavy atom. The van der Waals surface area contributed by atoms with Crippen molar-refractivity contribution in [2.75, 3.05) is 0 Å². The second kappa shape index (κ2) is 6.34. The standard InChI is InChI=1S/C18H26O2/c1-6-17(4,14(2)19)13-18(5,15(3)20)12-16-10-8-7-9-11-16/h7-11H,6,12-13H2,1-5H3. The van der Waals surface area contributed by atoms with Crippen LogP contribution >= 0.6 is 0 Å². The highest BCUT2D eigenvalue weighted by Gasteiger charge is 2.40. The van der Waals surface area contributed by atoms with Gasteiger partial charge in [0, 0.05) is 10.8 Å². The number of carbonyl (C=O) groups is 2. The third-order valence-corrected chi connectivity index (χ3v) is 4.70. The highest BCUT2D eigenvalue weighted by Crippen LogP contribution is 2.40. The van der Waals surface area contributed by atoms with Crippen LogP contribution in [0.2, 0.25) is 0 Å². The Morgan fingerprint density at radius 3 is 1.85 bits per heavy atom. The molecule has 0 aliphatic rings. The van der Waals surface area contributed by atoms with Crippen molar-refractivity contribution in [3.63, 3.8) is 0 Å². The molecule has 0 spiro atoms. The van der Waals surface area contributed by atoms with Gasteiger partial charge < -0.3 is 0 Å². The molecule has 2 nitrogen and oxygen atoms in total. The summed E-state index contributed by atoms with van der Waals surface area (Å²) in [4.78, 5) is 24.1. The van der Waals surface area contributed by atoms with E-state index in [0.717, 1.165) is 12.0 Å². The lowest BCUT2D eigenvalue weighted by atomic mass is 9.66. The third-order valence-electron chi connectivity index (χ3n) is 4.70. The Balaban J connectivity index is 3.04. The minimum absolute atomic E-state index is 0.155. The molecule has 20 heavy (non-hydrogen) atoms. The van der Waals surface area contributed by atoms with Crippen molar-refractivity contribution in [1.82, 2.24) is 0 Å². The zero-order valence-corrected chi connectivity index (χ0v) is 13.3. The van der Waals surface area contributed by atoms with Crippen molar-refractivity contribution in [1.29, 1.82) is 0 Å². The highest BCUT2D eigenvalue weighted by molar-refractivity contribution is 5.86. The largest absolute Gasteiger partial charge is 0.299 e. The predicted molar refractivity (Wildman–Crippen MR) is 82.6 cm³/mol. The molecule has 1 rings (SSSR count). The van der Waals surface area contributed by atoms with Crippen molar-refractivity contribution in [2.24, 2.45) is 10.8 Å². The van der Waals surface area contributed by atoms with Gasteiger partial charge in [-0.1, -0.05) is 51.1 Å². The summed E-state index contributed by atoms with van der Waals surface area (Å²) in [5, 5.41) is 0. The van der Waals surface area contributed by atoms with Crippen LogP contribution in [0.1, 0.15) is 53.0 Å². The van der Waals surface area contributed by atoms with Gasteiger partial charge in [0.1, 0.15) is 11.6 Å². The van der Waals surface area contributed by atoms with Crippen LogP contribution in [-0.2, 0) is 16.0 Å². The summed E-state index contributed by atoms with van der Waals surface area (Å²) in [7, 11) is 0. The summed E-state index contributed by atoms with van der Waals surface area (Å²) in [6.45, 7) is 9.25. The van der Waals surface area contributed by atoms with E-state index < -0.39 is 10.8 Å². The van der Waals surface area contributed by atoms with Gasteiger partial charge in [0.15, 0.2) is 0 Å². The average molecular weight is 274 g/mol. The molecule has 2 atom stereocenters. The number of hydrogen-bond acceptors (Lipinski definition) is 2. The van der Waals surface area contributed by atoms with Crippen LogP contribution in [0.5, 0.6) is 0 Å². The fourth-order valence-electron chi connectivity index (χ4n) is 2.72. The molecule has 0 heterocycles. The van der Waals surface area contributed by atoms with E-state index in [9.17, 15) is 9.59 Å². The Morgan fingerprint density at radius 1 is 0.950 bits per heavy atom. The van der Waals surface area contributed by atoms with Crippen molar-refractivity contribution >= 4 is 11.6 Å². The molecule has 0 N–H and O–H groups in total. The zero-order chi connectivity index (χ0) is 15.4. The topological polar surface area (TPSA) is 34.1 Å². The Bertz CT molecular complexity index is 477. The quantitative estimate of drug-likeness (QED) is 0.746. The van der Waals surface area contributed by atoms with E-state index in [1.807, 2.05) is 51.1 Å². The first-order valence-electron chi connectivity index (χ1n) is 7.29. The van der Waals surface area contributed by atoms with Gasteiger partial charge >= 0.3 is 0 Å². The number of carbonyl (C=O) groups excluding carboxylic acids is 2. The van der Waals surface area contributed by atoms with Gasteiger partial charge in [-0.25, -0.2) is 0 Å². The third kappa shape index (κ3) is 3.78. The van der Waals surface area contributed by atoms with Crippen LogP contribution in [0, 0.1) is 10.8 Å². The maximum Gasteiger partial charge on any atom is 0.136 e. The fraction of sp³-hybridized carbons (Fsp3) is 0.556. The molecule has 0 bridgehead atoms. The maximum atomic E-state index is 12.2. The van der Waals surface area contributed by atoms with Crippen LogP contribution in [-0.4, -0.2) is 11.6 Å². The van der Waals surface area contributed by atoms with E-state index >= 15 is 0 Å². The first kappa shape index (κ1) is 16.6. The van der Waals surface area contributed by atoms with Crippen LogP contribution in [0.25, 0.3) is 0 Å². The normalized spacial score (nSPS) is 17.1. The molecule has 0 fully saturated rings. The number of ketones is 2. The summed E-state index contributed by atoms with van der Waals surface area (Å²) in [5.41, 5.74) is 0.236. The number of benzene rings is 1. The van der Waals surface area contributed by atoms with Gasteiger partial charge in [-0.05, 0) is 38.7 Å². The van der Waals surface area contributed by atoms with E-state index in [2.05, 4.69) is 0 Å². The van der Waals surface area contributed by atoms with E-state index in [1.54, 1.807) is 13.8 Å². The van der Waals surface area contributed by atoms with Gasteiger partial charge in [-0.2, -0.15) is 0 Å². The van der Waals surface area contributed by atoms with Crippen LogP contribution < -0.4 is 0 Å². The lowest BCUT2D eigenvalue weighted by Gasteiger charge is -2.36. The van der Waals surface area contributed by atoms with Gasteiger partial charge in [0.2, 0.25) is 0 Å². The molecule has 0 radical (unpaired) electrons. The summed E-state index contributed by atoms with van der Waals surface area (Å²) in [6, 6.07) is 10.0. The van der Waals surface area contributed by atoms with E-state index in [1.165, 1.54) is 0 Å². The van der Waals surface area contributed by atoms with E-state index in [0.29, 0.717) is 12.8 Å². The first-order chi connectivity index (χ1) is 9.23. The molecule has 0 aliphatic heterocycles. The Labute approximate surface area is 122 Å². The smallest absolute Gasteiger partial charge is 0.136 e. The van der Waals surface area contributed by atoms with Crippen molar-refractivity contribution < 1.29 is 9.59 Å². The minimum Gasteiger partial charge on any atom is -0.299 e. The molecule has 0 aromatic heterocycles. The van der Waals surface area contributed by atoms with Crippen LogP contribution in [0.15, 0.2) is 30.3 Å². The Hall–Kier alpha value is -1.44. The molecule has 0 aliphatic carbocycles. The van der Waals surface area contributed by atoms with Gasteiger partial charge in [-0.3, -0.25) is 9.59 Å². The monoisotopic (exact) mass is 274 g/mol. The second-order valence-corrected chi connectivity index (χ2v) is 6.43. The predicted octanol–water partition coefficient (Wildman–Crippen LogP) is 4.22. The van der Waals surface area contributed by atoms with Gasteiger partial charge in [0.25, 0.3) is 0 Å². The summed E-state index contributed by atoms with van der Waals surface area (Å²) < 4.78 is 0. The van der Waals surface area contributed by atoms with Gasteiger partial charge in [0.05, 0.1) is 0 Å². The molecule has 2 unspecified atom stereocenters. The lowest BCUT2D eigenvalue weighted by molar-refractivity contribution is -0.132. The Kier molecular flexibility index (Phi) is 5.27. The number of rotatable bonds is 7. The second-order valence-electron chi connectivity index (χ2n) is 6.43. The van der Waals surface area contributed by atoms with Crippen LogP contribution in [0.4, 0.5) is 0 Å². The minimum atomic E-state index is -0.488. The average Bonchev–Trinajstić information content (AvgIpc) is 2.39. The fourth-order valence-corrected chi connectivity index (χ4v) is 2.72. The SMILES string of the molecule is CCC(C)(CC(C)(Cc1ccccc1)C(C)=O)C(C)=O. The molecule has 0 saturated carbocycles. The molecule has 0 amide bonds. The van der Waals surface area contributed by atoms with Crippen molar-refractivity contribution in [2.45, 2.75) is 53.9 Å². The first-order valence-corrected chi connectivity index (χ1v) is 7.29. The van der Waals surface area contributed by atoms with Crippen LogP contribution in [0.3, 0.4) is 0 Å². The summed E-state index contributed by atoms with van der Waals surface area (Å²) in [6.07, 6.45) is 2.06. The van der Waals surface area contributed by atoms with Crippen molar-refractivity contribution in [3.8, 4) is 0 Å². The highest BCUT2D eigenvalue weighted by atomic mass is 16.1. The molecule has 0 saturated heterocycles. The maximum absolute atomic E-state index is 12.2. The molecular weight excluding hydrogens is 248 g/mol.